The molecule has 0 radical (unpaired) electrons. The molecule has 0 aliphatic heterocycles. The van der Waals surface area contributed by atoms with Crippen LogP contribution in [0.1, 0.15) is 43.4 Å². The molecule has 5 heteroatoms. The van der Waals surface area contributed by atoms with E-state index >= 15 is 0 Å². The molecule has 0 atom stereocenters. The SMILES string of the molecule is Cc1ccc2nc(-c3ccc(/C=C/c4ccc(N(C)CCCC(C)(C)[Si](C)(C)O)cc4)cc3)cn2c1. The molecule has 0 bridgehead atoms. The molecule has 188 valence electrons. The zero-order chi connectivity index (χ0) is 25.9. The Kier molecular flexibility index (Phi) is 7.53. The van der Waals surface area contributed by atoms with Crippen molar-refractivity contribution in [2.75, 3.05) is 18.5 Å². The molecule has 0 aliphatic rings. The fraction of sp³-hybridized carbons (Fsp3) is 0.323. The largest absolute Gasteiger partial charge is 0.432 e. The van der Waals surface area contributed by atoms with Gasteiger partial charge in [-0.2, -0.15) is 0 Å². The van der Waals surface area contributed by atoms with Gasteiger partial charge in [0.25, 0.3) is 0 Å². The number of aryl methyl sites for hydroxylation is 1. The number of fused-ring (bicyclic) bond motifs is 1. The van der Waals surface area contributed by atoms with Crippen LogP contribution in [0.3, 0.4) is 0 Å². The van der Waals surface area contributed by atoms with Crippen LogP contribution in [0.15, 0.2) is 73.1 Å². The van der Waals surface area contributed by atoms with Crippen LogP contribution in [-0.2, 0) is 0 Å². The van der Waals surface area contributed by atoms with Crippen LogP contribution < -0.4 is 4.90 Å². The van der Waals surface area contributed by atoms with Crippen LogP contribution >= 0.6 is 0 Å². The summed E-state index contributed by atoms with van der Waals surface area (Å²) >= 11 is 0. The summed E-state index contributed by atoms with van der Waals surface area (Å²) in [6.07, 6.45) is 10.6. The van der Waals surface area contributed by atoms with Crippen LogP contribution in [0.4, 0.5) is 5.69 Å². The Bertz CT molecular complexity index is 1330. The smallest absolute Gasteiger partial charge is 0.188 e. The maximum atomic E-state index is 10.5. The number of hydrogen-bond acceptors (Lipinski definition) is 3. The minimum absolute atomic E-state index is 0.0343. The second-order valence-electron chi connectivity index (χ2n) is 11.1. The van der Waals surface area contributed by atoms with E-state index < -0.39 is 8.32 Å². The summed E-state index contributed by atoms with van der Waals surface area (Å²) in [7, 11) is 0.00315. The molecule has 0 saturated heterocycles. The van der Waals surface area contributed by atoms with Crippen LogP contribution in [0, 0.1) is 6.92 Å². The summed E-state index contributed by atoms with van der Waals surface area (Å²) in [6.45, 7) is 11.6. The highest BCUT2D eigenvalue weighted by Gasteiger charge is 2.37. The third kappa shape index (κ3) is 6.15. The van der Waals surface area contributed by atoms with Crippen molar-refractivity contribution in [3.05, 3.63) is 89.7 Å². The zero-order valence-electron chi connectivity index (χ0n) is 22.5. The van der Waals surface area contributed by atoms with Crippen LogP contribution in [0.25, 0.3) is 29.1 Å². The van der Waals surface area contributed by atoms with Crippen LogP contribution in [0.2, 0.25) is 18.1 Å². The van der Waals surface area contributed by atoms with Crippen LogP contribution in [0.5, 0.6) is 0 Å². The highest BCUT2D eigenvalue weighted by molar-refractivity contribution is 6.72. The van der Waals surface area contributed by atoms with E-state index in [1.54, 1.807) is 0 Å². The molecule has 2 aromatic carbocycles. The molecule has 4 nitrogen and oxygen atoms in total. The Morgan fingerprint density at radius 3 is 2.14 bits per heavy atom. The molecule has 0 fully saturated rings. The summed E-state index contributed by atoms with van der Waals surface area (Å²) in [5.41, 5.74) is 7.86. The van der Waals surface area contributed by atoms with Crippen molar-refractivity contribution >= 4 is 31.8 Å². The van der Waals surface area contributed by atoms with Gasteiger partial charge < -0.3 is 14.1 Å². The summed E-state index contributed by atoms with van der Waals surface area (Å²) in [5, 5.41) is 0.0343. The number of nitrogens with zero attached hydrogens (tertiary/aromatic N) is 3. The number of imidazole rings is 1. The van der Waals surface area contributed by atoms with Gasteiger partial charge in [0.2, 0.25) is 0 Å². The Hall–Kier alpha value is -3.15. The lowest BCUT2D eigenvalue weighted by molar-refractivity contribution is 0.443. The molecule has 0 aliphatic carbocycles. The molecule has 36 heavy (non-hydrogen) atoms. The van der Waals surface area contributed by atoms with Crippen molar-refractivity contribution in [2.45, 2.75) is 51.7 Å². The molecule has 2 aromatic heterocycles. The lowest BCUT2D eigenvalue weighted by Gasteiger charge is -2.35. The minimum Gasteiger partial charge on any atom is -0.432 e. The number of benzene rings is 2. The summed E-state index contributed by atoms with van der Waals surface area (Å²) in [6, 6.07) is 21.4. The summed E-state index contributed by atoms with van der Waals surface area (Å²) < 4.78 is 2.08. The van der Waals surface area contributed by atoms with Gasteiger partial charge in [-0.05, 0) is 72.8 Å². The molecular formula is C31H39N3OSi. The molecule has 0 saturated carbocycles. The first-order valence-corrected chi connectivity index (χ1v) is 15.7. The maximum Gasteiger partial charge on any atom is 0.188 e. The van der Waals surface area contributed by atoms with Gasteiger partial charge in [0, 0.05) is 37.2 Å². The predicted molar refractivity (Wildman–Crippen MR) is 157 cm³/mol. The third-order valence-corrected chi connectivity index (χ3v) is 11.1. The highest BCUT2D eigenvalue weighted by Crippen LogP contribution is 2.39. The summed E-state index contributed by atoms with van der Waals surface area (Å²) in [4.78, 5) is 17.6. The topological polar surface area (TPSA) is 40.8 Å². The fourth-order valence-electron chi connectivity index (χ4n) is 4.23. The van der Waals surface area contributed by atoms with E-state index in [2.05, 4.69) is 122 Å². The fourth-order valence-corrected chi connectivity index (χ4v) is 5.02. The molecule has 0 amide bonds. The van der Waals surface area contributed by atoms with Gasteiger partial charge in [-0.15, -0.1) is 0 Å². The Labute approximate surface area is 217 Å². The van der Waals surface area contributed by atoms with Gasteiger partial charge in [0.1, 0.15) is 5.65 Å². The standard InChI is InChI=1S/C31H39N3OSi/c1-24-8-19-30-32-29(23-34(30)22-24)27-15-11-25(12-16-27)9-10-26-13-17-28(18-14-26)33(4)21-7-20-31(2,3)36(5,6)35/h8-19,22-23,35H,7,20-21H2,1-6H3/b10-9+. The van der Waals surface area contributed by atoms with Crippen molar-refractivity contribution in [3.8, 4) is 11.3 Å². The average molecular weight is 498 g/mol. The van der Waals surface area contributed by atoms with E-state index in [4.69, 9.17) is 4.98 Å². The number of rotatable bonds is 9. The van der Waals surface area contributed by atoms with Gasteiger partial charge >= 0.3 is 0 Å². The molecule has 2 heterocycles. The molecule has 4 aromatic rings. The Morgan fingerprint density at radius 1 is 0.917 bits per heavy atom. The number of anilines is 1. The number of hydrogen-bond donors (Lipinski definition) is 1. The van der Waals surface area contributed by atoms with Gasteiger partial charge in [-0.1, -0.05) is 68.5 Å². The van der Waals surface area contributed by atoms with Crippen molar-refractivity contribution in [1.82, 2.24) is 9.38 Å². The van der Waals surface area contributed by atoms with Crippen molar-refractivity contribution in [3.63, 3.8) is 0 Å². The zero-order valence-corrected chi connectivity index (χ0v) is 23.5. The van der Waals surface area contributed by atoms with Crippen molar-refractivity contribution in [2.24, 2.45) is 0 Å². The van der Waals surface area contributed by atoms with Gasteiger partial charge in [0.05, 0.1) is 5.69 Å². The van der Waals surface area contributed by atoms with Crippen molar-refractivity contribution in [1.29, 1.82) is 0 Å². The number of aromatic nitrogens is 2. The van der Waals surface area contributed by atoms with Crippen LogP contribution in [-0.4, -0.2) is 36.1 Å². The van der Waals surface area contributed by atoms with Gasteiger partial charge in [-0.3, -0.25) is 0 Å². The first kappa shape index (κ1) is 25.9. The van der Waals surface area contributed by atoms with Gasteiger partial charge in [-0.25, -0.2) is 4.98 Å². The molecular weight excluding hydrogens is 458 g/mol. The lowest BCUT2D eigenvalue weighted by atomic mass is 10.1. The third-order valence-electron chi connectivity index (χ3n) is 7.56. The summed E-state index contributed by atoms with van der Waals surface area (Å²) in [5.74, 6) is 0. The molecule has 1 N–H and O–H groups in total. The lowest BCUT2D eigenvalue weighted by Crippen LogP contribution is -2.39. The monoisotopic (exact) mass is 497 g/mol. The van der Waals surface area contributed by atoms with E-state index in [1.807, 2.05) is 13.1 Å². The Balaban J connectivity index is 1.34. The number of pyridine rings is 1. The van der Waals surface area contributed by atoms with Crippen molar-refractivity contribution < 1.29 is 4.80 Å². The molecule has 0 spiro atoms. The Morgan fingerprint density at radius 2 is 1.53 bits per heavy atom. The van der Waals surface area contributed by atoms with E-state index in [9.17, 15) is 4.80 Å². The van der Waals surface area contributed by atoms with E-state index in [-0.39, 0.29) is 5.04 Å². The molecule has 4 rings (SSSR count). The van der Waals surface area contributed by atoms with Gasteiger partial charge in [0.15, 0.2) is 8.32 Å². The van der Waals surface area contributed by atoms with E-state index in [0.29, 0.717) is 0 Å². The normalized spacial score (nSPS) is 12.5. The maximum absolute atomic E-state index is 10.5. The first-order chi connectivity index (χ1) is 17.0. The van der Waals surface area contributed by atoms with E-state index in [0.717, 1.165) is 41.9 Å². The second kappa shape index (κ2) is 10.5. The molecule has 0 unspecified atom stereocenters. The minimum atomic E-state index is -2.14. The second-order valence-corrected chi connectivity index (χ2v) is 15.6. The highest BCUT2D eigenvalue weighted by atomic mass is 28.4. The quantitative estimate of drug-likeness (QED) is 0.190. The average Bonchev–Trinajstić information content (AvgIpc) is 3.26. The van der Waals surface area contributed by atoms with E-state index in [1.165, 1.54) is 16.8 Å². The first-order valence-electron chi connectivity index (χ1n) is 12.8. The predicted octanol–water partition coefficient (Wildman–Crippen LogP) is 7.67.